The Morgan fingerprint density at radius 2 is 2.38 bits per heavy atom. The van der Waals surface area contributed by atoms with Gasteiger partial charge in [-0.1, -0.05) is 23.7 Å². The first-order chi connectivity index (χ1) is 10.2. The molecule has 1 aliphatic carbocycles. The van der Waals surface area contributed by atoms with Crippen LogP contribution in [0.3, 0.4) is 0 Å². The zero-order valence-corrected chi connectivity index (χ0v) is 12.6. The summed E-state index contributed by atoms with van der Waals surface area (Å²) in [6, 6.07) is 6.05. The molecule has 5 heteroatoms. The van der Waals surface area contributed by atoms with Crippen LogP contribution in [-0.2, 0) is 16.1 Å². The first-order valence-corrected chi connectivity index (χ1v) is 7.47. The van der Waals surface area contributed by atoms with Crippen molar-refractivity contribution >= 4 is 17.6 Å². The minimum absolute atomic E-state index is 0.000477. The van der Waals surface area contributed by atoms with Crippen LogP contribution in [0.25, 0.3) is 0 Å². The number of benzene rings is 1. The quantitative estimate of drug-likeness (QED) is 0.796. The second-order valence-corrected chi connectivity index (χ2v) is 5.69. The highest BCUT2D eigenvalue weighted by Gasteiger charge is 2.45. The fourth-order valence-corrected chi connectivity index (χ4v) is 2.82. The van der Waals surface area contributed by atoms with E-state index in [4.69, 9.17) is 16.3 Å². The highest BCUT2D eigenvalue weighted by molar-refractivity contribution is 6.31. The number of aromatic nitrogens is 2. The molecular weight excluding hydrogens is 288 g/mol. The summed E-state index contributed by atoms with van der Waals surface area (Å²) >= 11 is 6.36. The van der Waals surface area contributed by atoms with Crippen LogP contribution in [0.2, 0.25) is 5.02 Å². The zero-order chi connectivity index (χ0) is 14.8. The molecule has 0 bridgehead atoms. The van der Waals surface area contributed by atoms with E-state index in [9.17, 15) is 4.79 Å². The highest BCUT2D eigenvalue weighted by Crippen LogP contribution is 2.48. The number of esters is 1. The molecule has 1 aromatic carbocycles. The highest BCUT2D eigenvalue weighted by atomic mass is 35.5. The molecule has 2 aromatic rings. The SMILES string of the molecule is CCOC(=O)C1CC1c1ccc(Cn2ccnc2)c(Cl)c1. The van der Waals surface area contributed by atoms with Gasteiger partial charge >= 0.3 is 5.97 Å². The van der Waals surface area contributed by atoms with Gasteiger partial charge in [0.15, 0.2) is 0 Å². The van der Waals surface area contributed by atoms with Gasteiger partial charge in [0, 0.05) is 24.0 Å². The summed E-state index contributed by atoms with van der Waals surface area (Å²) in [5.41, 5.74) is 2.17. The molecule has 3 rings (SSSR count). The molecule has 0 saturated heterocycles. The van der Waals surface area contributed by atoms with Gasteiger partial charge in [-0.2, -0.15) is 0 Å². The first-order valence-electron chi connectivity index (χ1n) is 7.09. The third-order valence-electron chi connectivity index (χ3n) is 3.80. The molecule has 21 heavy (non-hydrogen) atoms. The van der Waals surface area contributed by atoms with Crippen LogP contribution in [-0.4, -0.2) is 22.1 Å². The lowest BCUT2D eigenvalue weighted by molar-refractivity contribution is -0.144. The number of rotatable bonds is 5. The lowest BCUT2D eigenvalue weighted by atomic mass is 10.1. The predicted molar refractivity (Wildman–Crippen MR) is 80.3 cm³/mol. The van der Waals surface area contributed by atoms with E-state index in [2.05, 4.69) is 11.1 Å². The van der Waals surface area contributed by atoms with E-state index >= 15 is 0 Å². The molecule has 0 radical (unpaired) electrons. The van der Waals surface area contributed by atoms with Gasteiger partial charge in [-0.15, -0.1) is 0 Å². The van der Waals surface area contributed by atoms with E-state index in [-0.39, 0.29) is 17.8 Å². The van der Waals surface area contributed by atoms with Crippen molar-refractivity contribution in [1.82, 2.24) is 9.55 Å². The molecule has 2 atom stereocenters. The Labute approximate surface area is 128 Å². The number of carbonyl (C=O) groups excluding carboxylic acids is 1. The Kier molecular flexibility index (Phi) is 3.97. The molecule has 4 nitrogen and oxygen atoms in total. The third-order valence-corrected chi connectivity index (χ3v) is 4.15. The van der Waals surface area contributed by atoms with Gasteiger partial charge in [-0.05, 0) is 36.5 Å². The van der Waals surface area contributed by atoms with Crippen molar-refractivity contribution in [3.05, 3.63) is 53.1 Å². The molecular formula is C16H17ClN2O2. The Bertz CT molecular complexity index is 640. The van der Waals surface area contributed by atoms with E-state index in [1.807, 2.05) is 29.8 Å². The van der Waals surface area contributed by atoms with Gasteiger partial charge in [-0.25, -0.2) is 4.98 Å². The van der Waals surface area contributed by atoms with Crippen molar-refractivity contribution in [3.63, 3.8) is 0 Å². The second kappa shape index (κ2) is 5.90. The van der Waals surface area contributed by atoms with Crippen molar-refractivity contribution in [2.75, 3.05) is 6.61 Å². The van der Waals surface area contributed by atoms with Crippen molar-refractivity contribution in [2.24, 2.45) is 5.92 Å². The average Bonchev–Trinajstić information content (AvgIpc) is 3.11. The van der Waals surface area contributed by atoms with Crippen LogP contribution in [0.1, 0.15) is 30.4 Å². The molecule has 0 amide bonds. The number of ether oxygens (including phenoxy) is 1. The smallest absolute Gasteiger partial charge is 0.309 e. The summed E-state index contributed by atoms with van der Waals surface area (Å²) in [7, 11) is 0. The Hall–Kier alpha value is -1.81. The summed E-state index contributed by atoms with van der Waals surface area (Å²) in [4.78, 5) is 15.7. The fourth-order valence-electron chi connectivity index (χ4n) is 2.57. The van der Waals surface area contributed by atoms with Crippen LogP contribution in [0.15, 0.2) is 36.9 Å². The molecule has 110 valence electrons. The number of hydrogen-bond donors (Lipinski definition) is 0. The largest absolute Gasteiger partial charge is 0.466 e. The summed E-state index contributed by atoms with van der Waals surface area (Å²) in [5, 5.41) is 0.732. The molecule has 2 unspecified atom stereocenters. The molecule has 0 spiro atoms. The minimum atomic E-state index is -0.0962. The summed E-state index contributed by atoms with van der Waals surface area (Å²) in [6.45, 7) is 2.97. The number of carbonyl (C=O) groups is 1. The molecule has 1 fully saturated rings. The van der Waals surface area contributed by atoms with Crippen molar-refractivity contribution in [3.8, 4) is 0 Å². The maximum Gasteiger partial charge on any atom is 0.309 e. The lowest BCUT2D eigenvalue weighted by Crippen LogP contribution is -2.07. The number of halogens is 1. The molecule has 0 aliphatic heterocycles. The van der Waals surface area contributed by atoms with E-state index in [1.165, 1.54) is 0 Å². The van der Waals surface area contributed by atoms with Crippen LogP contribution >= 0.6 is 11.6 Å². The number of hydrogen-bond acceptors (Lipinski definition) is 3. The molecule has 1 aliphatic rings. The topological polar surface area (TPSA) is 44.1 Å². The average molecular weight is 305 g/mol. The fraction of sp³-hybridized carbons (Fsp3) is 0.375. The Balaban J connectivity index is 1.69. The predicted octanol–water partition coefficient (Wildman–Crippen LogP) is 3.25. The number of imidazole rings is 1. The summed E-state index contributed by atoms with van der Waals surface area (Å²) < 4.78 is 7.03. The van der Waals surface area contributed by atoms with Crippen molar-refractivity contribution < 1.29 is 9.53 Å². The van der Waals surface area contributed by atoms with E-state index in [0.29, 0.717) is 13.2 Å². The van der Waals surface area contributed by atoms with Crippen LogP contribution in [0.4, 0.5) is 0 Å². The van der Waals surface area contributed by atoms with Crippen LogP contribution in [0, 0.1) is 5.92 Å². The molecule has 1 aromatic heterocycles. The van der Waals surface area contributed by atoms with Gasteiger partial charge in [-0.3, -0.25) is 4.79 Å². The second-order valence-electron chi connectivity index (χ2n) is 5.29. The van der Waals surface area contributed by atoms with E-state index in [1.54, 1.807) is 12.5 Å². The normalized spacial score (nSPS) is 20.3. The monoisotopic (exact) mass is 304 g/mol. The number of nitrogens with zero attached hydrogens (tertiary/aromatic N) is 2. The minimum Gasteiger partial charge on any atom is -0.466 e. The van der Waals surface area contributed by atoms with Gasteiger partial charge < -0.3 is 9.30 Å². The summed E-state index contributed by atoms with van der Waals surface area (Å²) in [5.74, 6) is 0.158. The van der Waals surface area contributed by atoms with E-state index in [0.717, 1.165) is 22.6 Å². The van der Waals surface area contributed by atoms with Gasteiger partial charge in [0.05, 0.1) is 18.9 Å². The zero-order valence-electron chi connectivity index (χ0n) is 11.8. The maximum absolute atomic E-state index is 11.7. The Morgan fingerprint density at radius 3 is 3.05 bits per heavy atom. The third kappa shape index (κ3) is 3.10. The van der Waals surface area contributed by atoms with E-state index < -0.39 is 0 Å². The molecule has 0 N–H and O–H groups in total. The van der Waals surface area contributed by atoms with Gasteiger partial charge in [0.2, 0.25) is 0 Å². The summed E-state index contributed by atoms with van der Waals surface area (Å²) in [6.07, 6.45) is 6.27. The molecule has 1 heterocycles. The molecule has 1 saturated carbocycles. The standard InChI is InChI=1S/C16H17ClN2O2/c1-2-21-16(20)14-8-13(14)11-3-4-12(15(17)7-11)9-19-6-5-18-10-19/h3-7,10,13-14H,2,8-9H2,1H3. The van der Waals surface area contributed by atoms with Gasteiger partial charge in [0.1, 0.15) is 0 Å². The Morgan fingerprint density at radius 1 is 1.52 bits per heavy atom. The first kappa shape index (κ1) is 14.1. The van der Waals surface area contributed by atoms with Gasteiger partial charge in [0.25, 0.3) is 0 Å². The van der Waals surface area contributed by atoms with Crippen LogP contribution < -0.4 is 0 Å². The van der Waals surface area contributed by atoms with Crippen molar-refractivity contribution in [1.29, 1.82) is 0 Å². The maximum atomic E-state index is 11.7. The van der Waals surface area contributed by atoms with Crippen LogP contribution in [0.5, 0.6) is 0 Å². The van der Waals surface area contributed by atoms with Crippen molar-refractivity contribution in [2.45, 2.75) is 25.8 Å². The lowest BCUT2D eigenvalue weighted by Gasteiger charge is -2.08.